The molecule has 4 aromatic rings. The van der Waals surface area contributed by atoms with E-state index in [0.717, 1.165) is 32.8 Å². The van der Waals surface area contributed by atoms with Crippen LogP contribution in [0.2, 0.25) is 0 Å². The topological polar surface area (TPSA) is 61.2 Å². The summed E-state index contributed by atoms with van der Waals surface area (Å²) in [6, 6.07) is 15.8. The maximum absolute atomic E-state index is 6.07. The fourth-order valence-electron chi connectivity index (χ4n) is 3.06. The molecule has 2 aromatic heterocycles. The molecule has 30 heavy (non-hydrogen) atoms. The molecule has 0 spiro atoms. The highest BCUT2D eigenvalue weighted by atomic mass is 32.1. The number of methoxy groups -OCH3 is 2. The number of aromatic nitrogens is 1. The minimum absolute atomic E-state index is 0.148. The Hall–Kier alpha value is -3.32. The molecular weight excluding hydrogens is 398 g/mol. The van der Waals surface area contributed by atoms with Crippen molar-refractivity contribution in [1.29, 1.82) is 0 Å². The van der Waals surface area contributed by atoms with Gasteiger partial charge in [-0.3, -0.25) is 4.99 Å². The summed E-state index contributed by atoms with van der Waals surface area (Å²) in [5.41, 5.74) is 2.58. The van der Waals surface area contributed by atoms with Crippen LogP contribution in [0.3, 0.4) is 0 Å². The van der Waals surface area contributed by atoms with Gasteiger partial charge < -0.3 is 13.9 Å². The molecule has 154 valence electrons. The monoisotopic (exact) mass is 421 g/mol. The average Bonchev–Trinajstić information content (AvgIpc) is 3.35. The van der Waals surface area contributed by atoms with Gasteiger partial charge in [0.1, 0.15) is 11.3 Å². The van der Waals surface area contributed by atoms with Crippen LogP contribution in [0.25, 0.3) is 22.4 Å². The molecule has 0 aliphatic carbocycles. The first-order valence-electron chi connectivity index (χ1n) is 9.58. The number of fused-ring (bicyclic) bond motifs is 1. The molecule has 0 fully saturated rings. The summed E-state index contributed by atoms with van der Waals surface area (Å²) < 4.78 is 18.6. The first-order chi connectivity index (χ1) is 14.6. The van der Waals surface area contributed by atoms with Crippen molar-refractivity contribution in [2.75, 3.05) is 14.2 Å². The van der Waals surface area contributed by atoms with Crippen LogP contribution in [0, 0.1) is 0 Å². The van der Waals surface area contributed by atoms with Gasteiger partial charge in [-0.25, -0.2) is 4.68 Å². The summed E-state index contributed by atoms with van der Waals surface area (Å²) >= 11 is 1.54. The van der Waals surface area contributed by atoms with E-state index in [4.69, 9.17) is 24.0 Å². The molecule has 7 heteroatoms. The molecule has 2 aromatic carbocycles. The Balaban J connectivity index is 1.80. The molecule has 0 atom stereocenters. The lowest BCUT2D eigenvalue weighted by Gasteiger charge is -2.07. The third-order valence-electron chi connectivity index (χ3n) is 4.46. The Morgan fingerprint density at radius 1 is 1.03 bits per heavy atom. The number of ether oxygens (including phenoxy) is 2. The number of benzene rings is 2. The van der Waals surface area contributed by atoms with Crippen molar-refractivity contribution in [3.8, 4) is 23.0 Å². The Kier molecular flexibility index (Phi) is 5.72. The van der Waals surface area contributed by atoms with Crippen molar-refractivity contribution >= 4 is 28.5 Å². The number of rotatable bonds is 6. The third-order valence-corrected chi connectivity index (χ3v) is 5.29. The Morgan fingerprint density at radius 2 is 1.83 bits per heavy atom. The summed E-state index contributed by atoms with van der Waals surface area (Å²) in [6.07, 6.45) is 1.78. The summed E-state index contributed by atoms with van der Waals surface area (Å²) in [5, 5.41) is 7.79. The Bertz CT molecular complexity index is 1230. The van der Waals surface area contributed by atoms with E-state index in [9.17, 15) is 0 Å². The van der Waals surface area contributed by atoms with Gasteiger partial charge in [0.25, 0.3) is 0 Å². The number of hydrogen-bond acceptors (Lipinski definition) is 6. The van der Waals surface area contributed by atoms with E-state index in [1.807, 2.05) is 72.4 Å². The summed E-state index contributed by atoms with van der Waals surface area (Å²) in [6.45, 7) is 4.09. The normalized spacial score (nSPS) is 12.4. The predicted molar refractivity (Wildman–Crippen MR) is 121 cm³/mol. The van der Waals surface area contributed by atoms with Crippen molar-refractivity contribution in [3.63, 3.8) is 0 Å². The number of thiazole rings is 1. The van der Waals surface area contributed by atoms with Gasteiger partial charge in [-0.2, -0.15) is 5.10 Å². The molecule has 0 N–H and O–H groups in total. The largest absolute Gasteiger partial charge is 0.493 e. The van der Waals surface area contributed by atoms with Gasteiger partial charge in [-0.15, -0.1) is 11.3 Å². The molecule has 0 radical (unpaired) electrons. The first kappa shape index (κ1) is 20.0. The molecule has 0 saturated carbocycles. The second-order valence-corrected chi connectivity index (χ2v) is 7.78. The highest BCUT2D eigenvalue weighted by Crippen LogP contribution is 2.29. The van der Waals surface area contributed by atoms with Crippen LogP contribution >= 0.6 is 11.3 Å². The first-order valence-corrected chi connectivity index (χ1v) is 10.5. The molecule has 2 heterocycles. The van der Waals surface area contributed by atoms with E-state index in [-0.39, 0.29) is 6.04 Å². The SMILES string of the molecule is COc1ccc(C=Nn2c(-c3cc4ccccc4o3)csc2=NC(C)C)cc1OC. The van der Waals surface area contributed by atoms with Gasteiger partial charge >= 0.3 is 0 Å². The van der Waals surface area contributed by atoms with Gasteiger partial charge in [0.15, 0.2) is 17.3 Å². The van der Waals surface area contributed by atoms with E-state index in [1.165, 1.54) is 11.3 Å². The maximum Gasteiger partial charge on any atom is 0.206 e. The van der Waals surface area contributed by atoms with Crippen LogP contribution in [0.1, 0.15) is 19.4 Å². The van der Waals surface area contributed by atoms with Crippen molar-refractivity contribution in [2.45, 2.75) is 19.9 Å². The molecular formula is C23H23N3O3S. The molecule has 0 saturated heterocycles. The standard InChI is InChI=1S/C23H23N3O3S/c1-15(2)25-23-26(24-13-16-9-10-20(27-3)22(11-16)28-4)18(14-30-23)21-12-17-7-5-6-8-19(17)29-21/h5-15H,1-4H3. The van der Waals surface area contributed by atoms with Crippen LogP contribution in [-0.4, -0.2) is 31.2 Å². The van der Waals surface area contributed by atoms with Gasteiger partial charge in [0.2, 0.25) is 4.80 Å². The summed E-state index contributed by atoms with van der Waals surface area (Å²) in [5.74, 6) is 2.08. The van der Waals surface area contributed by atoms with Crippen LogP contribution < -0.4 is 14.3 Å². The lowest BCUT2D eigenvalue weighted by atomic mass is 10.2. The van der Waals surface area contributed by atoms with E-state index >= 15 is 0 Å². The molecule has 0 amide bonds. The third kappa shape index (κ3) is 4.02. The number of nitrogens with zero attached hydrogens (tertiary/aromatic N) is 3. The van der Waals surface area contributed by atoms with E-state index in [1.54, 1.807) is 20.4 Å². The van der Waals surface area contributed by atoms with Crippen molar-refractivity contribution in [3.05, 3.63) is 64.3 Å². The zero-order valence-corrected chi connectivity index (χ0v) is 18.1. The Morgan fingerprint density at radius 3 is 2.57 bits per heavy atom. The van der Waals surface area contributed by atoms with Crippen LogP contribution in [0.5, 0.6) is 11.5 Å². The lowest BCUT2D eigenvalue weighted by Crippen LogP contribution is -2.14. The molecule has 0 aliphatic rings. The quantitative estimate of drug-likeness (QED) is 0.404. The maximum atomic E-state index is 6.07. The van der Waals surface area contributed by atoms with E-state index in [0.29, 0.717) is 11.5 Å². The van der Waals surface area contributed by atoms with Gasteiger partial charge in [-0.1, -0.05) is 18.2 Å². The molecule has 6 nitrogen and oxygen atoms in total. The van der Waals surface area contributed by atoms with Crippen molar-refractivity contribution in [1.82, 2.24) is 4.68 Å². The highest BCUT2D eigenvalue weighted by molar-refractivity contribution is 7.07. The minimum atomic E-state index is 0.148. The van der Waals surface area contributed by atoms with Crippen molar-refractivity contribution in [2.24, 2.45) is 10.1 Å². The van der Waals surface area contributed by atoms with Crippen LogP contribution in [-0.2, 0) is 0 Å². The predicted octanol–water partition coefficient (Wildman–Crippen LogP) is 5.17. The average molecular weight is 422 g/mol. The Labute approximate surface area is 178 Å². The van der Waals surface area contributed by atoms with E-state index < -0.39 is 0 Å². The molecule has 0 unspecified atom stereocenters. The van der Waals surface area contributed by atoms with Crippen LogP contribution in [0.4, 0.5) is 0 Å². The second kappa shape index (κ2) is 8.59. The van der Waals surface area contributed by atoms with Gasteiger partial charge in [-0.05, 0) is 49.7 Å². The number of para-hydroxylation sites is 1. The summed E-state index contributed by atoms with van der Waals surface area (Å²) in [4.78, 5) is 5.52. The highest BCUT2D eigenvalue weighted by Gasteiger charge is 2.13. The smallest absolute Gasteiger partial charge is 0.206 e. The minimum Gasteiger partial charge on any atom is -0.493 e. The van der Waals surface area contributed by atoms with Gasteiger partial charge in [0, 0.05) is 16.8 Å². The molecule has 4 rings (SSSR count). The molecule has 0 aliphatic heterocycles. The lowest BCUT2D eigenvalue weighted by molar-refractivity contribution is 0.355. The summed E-state index contributed by atoms with van der Waals surface area (Å²) in [7, 11) is 3.23. The molecule has 0 bridgehead atoms. The zero-order valence-electron chi connectivity index (χ0n) is 17.3. The fourth-order valence-corrected chi connectivity index (χ4v) is 4.01. The van der Waals surface area contributed by atoms with Crippen LogP contribution in [0.15, 0.2) is 68.4 Å². The van der Waals surface area contributed by atoms with Crippen molar-refractivity contribution < 1.29 is 13.9 Å². The zero-order chi connectivity index (χ0) is 21.1. The fraction of sp³-hybridized carbons (Fsp3) is 0.217. The van der Waals surface area contributed by atoms with E-state index in [2.05, 4.69) is 0 Å². The number of hydrogen-bond donors (Lipinski definition) is 0. The van der Waals surface area contributed by atoms with Gasteiger partial charge in [0.05, 0.1) is 20.4 Å². The second-order valence-electron chi connectivity index (χ2n) is 6.95. The number of furan rings is 1.